The topological polar surface area (TPSA) is 51.6 Å². The van der Waals surface area contributed by atoms with Crippen LogP contribution in [0.25, 0.3) is 42.6 Å². The number of pyridine rings is 3. The molecule has 5 rings (SSSR count). The minimum Gasteiger partial charge on any atom is -0.264 e. The minimum absolute atomic E-state index is 0.876. The summed E-state index contributed by atoms with van der Waals surface area (Å²) < 4.78 is 1.20. The predicted octanol–water partition coefficient (Wildman–Crippen LogP) is 5.54. The second-order valence-corrected chi connectivity index (χ2v) is 7.65. The largest absolute Gasteiger partial charge is 0.264 e. The van der Waals surface area contributed by atoms with Gasteiger partial charge in [-0.05, 0) is 41.8 Å². The molecule has 124 valence electrons. The Morgan fingerprint density at radius 3 is 2.69 bits per heavy atom. The van der Waals surface area contributed by atoms with Crippen LogP contribution in [0.15, 0.2) is 72.6 Å². The van der Waals surface area contributed by atoms with E-state index in [0.717, 1.165) is 37.9 Å². The lowest BCUT2D eigenvalue weighted by Crippen LogP contribution is -1.89. The van der Waals surface area contributed by atoms with Gasteiger partial charge in [-0.3, -0.25) is 9.97 Å². The van der Waals surface area contributed by atoms with Crippen LogP contribution in [0.5, 0.6) is 0 Å². The van der Waals surface area contributed by atoms with Gasteiger partial charge in [-0.25, -0.2) is 9.97 Å². The third-order valence-electron chi connectivity index (χ3n) is 4.03. The minimum atomic E-state index is 0.876. The quantitative estimate of drug-likeness (QED) is 0.417. The zero-order valence-corrected chi connectivity index (χ0v) is 15.2. The number of thiazole rings is 1. The van der Waals surface area contributed by atoms with Crippen molar-refractivity contribution in [2.75, 3.05) is 0 Å². The molecule has 4 nitrogen and oxygen atoms in total. The lowest BCUT2D eigenvalue weighted by atomic mass is 10.1. The van der Waals surface area contributed by atoms with Gasteiger partial charge in [0.05, 0.1) is 22.0 Å². The van der Waals surface area contributed by atoms with Gasteiger partial charge >= 0.3 is 0 Å². The molecule has 0 aliphatic rings. The molecule has 0 saturated carbocycles. The molecule has 0 amide bonds. The first kappa shape index (κ1) is 15.3. The second kappa shape index (κ2) is 6.40. The average molecular weight is 372 g/mol. The van der Waals surface area contributed by atoms with Crippen molar-refractivity contribution in [3.8, 4) is 32.5 Å². The molecular weight excluding hydrogens is 360 g/mol. The van der Waals surface area contributed by atoms with Crippen molar-refractivity contribution in [3.05, 3.63) is 72.6 Å². The summed E-state index contributed by atoms with van der Waals surface area (Å²) in [7, 11) is 0. The first-order valence-corrected chi connectivity index (χ1v) is 9.74. The van der Waals surface area contributed by atoms with Gasteiger partial charge in [0.2, 0.25) is 0 Å². The maximum atomic E-state index is 4.92. The molecule has 0 spiro atoms. The summed E-state index contributed by atoms with van der Waals surface area (Å²) in [5.41, 5.74) is 3.73. The average Bonchev–Trinajstić information content (AvgIpc) is 3.38. The summed E-state index contributed by atoms with van der Waals surface area (Å²) in [5, 5.41) is 4.19. The van der Waals surface area contributed by atoms with Gasteiger partial charge in [-0.15, -0.1) is 22.7 Å². The van der Waals surface area contributed by atoms with Crippen LogP contribution < -0.4 is 0 Å². The number of fused-ring (bicyclic) bond motifs is 1. The fourth-order valence-corrected chi connectivity index (χ4v) is 4.54. The molecule has 5 aromatic heterocycles. The van der Waals surface area contributed by atoms with Crippen molar-refractivity contribution < 1.29 is 0 Å². The smallest absolute Gasteiger partial charge is 0.125 e. The summed E-state index contributed by atoms with van der Waals surface area (Å²) in [4.78, 5) is 19.2. The van der Waals surface area contributed by atoms with Crippen molar-refractivity contribution in [2.24, 2.45) is 0 Å². The SMILES string of the molecule is c1ccc(-c2cc3sccc3c(-c3cnc(-c4cccnc4)s3)n2)nc1. The van der Waals surface area contributed by atoms with E-state index in [4.69, 9.17) is 4.98 Å². The summed E-state index contributed by atoms with van der Waals surface area (Å²) in [5.74, 6) is 0. The van der Waals surface area contributed by atoms with Crippen molar-refractivity contribution in [1.29, 1.82) is 0 Å². The van der Waals surface area contributed by atoms with E-state index in [-0.39, 0.29) is 0 Å². The van der Waals surface area contributed by atoms with E-state index in [0.29, 0.717) is 0 Å². The van der Waals surface area contributed by atoms with E-state index in [1.807, 2.05) is 42.7 Å². The molecule has 5 heterocycles. The zero-order chi connectivity index (χ0) is 17.3. The van der Waals surface area contributed by atoms with Crippen molar-refractivity contribution in [3.63, 3.8) is 0 Å². The Balaban J connectivity index is 1.67. The molecule has 0 aliphatic carbocycles. The monoisotopic (exact) mass is 372 g/mol. The van der Waals surface area contributed by atoms with Crippen molar-refractivity contribution >= 4 is 32.8 Å². The molecule has 0 saturated heterocycles. The molecule has 0 aliphatic heterocycles. The van der Waals surface area contributed by atoms with Crippen LogP contribution in [0.4, 0.5) is 0 Å². The highest BCUT2D eigenvalue weighted by atomic mass is 32.1. The van der Waals surface area contributed by atoms with Crippen molar-refractivity contribution in [1.82, 2.24) is 19.9 Å². The van der Waals surface area contributed by atoms with Crippen LogP contribution in [0.2, 0.25) is 0 Å². The molecule has 0 unspecified atom stereocenters. The van der Waals surface area contributed by atoms with Gasteiger partial charge in [-0.1, -0.05) is 6.07 Å². The van der Waals surface area contributed by atoms with Crippen LogP contribution in [-0.4, -0.2) is 19.9 Å². The van der Waals surface area contributed by atoms with E-state index in [2.05, 4.69) is 32.5 Å². The number of hydrogen-bond donors (Lipinski definition) is 0. The summed E-state index contributed by atoms with van der Waals surface area (Å²) in [6.07, 6.45) is 7.29. The molecule has 0 bridgehead atoms. The highest BCUT2D eigenvalue weighted by Gasteiger charge is 2.14. The van der Waals surface area contributed by atoms with E-state index in [1.165, 1.54) is 4.70 Å². The van der Waals surface area contributed by atoms with Crippen LogP contribution in [0.1, 0.15) is 0 Å². The Morgan fingerprint density at radius 2 is 1.85 bits per heavy atom. The zero-order valence-electron chi connectivity index (χ0n) is 13.5. The van der Waals surface area contributed by atoms with Gasteiger partial charge in [0.15, 0.2) is 0 Å². The fraction of sp³-hybridized carbons (Fsp3) is 0. The lowest BCUT2D eigenvalue weighted by molar-refractivity contribution is 1.26. The van der Waals surface area contributed by atoms with E-state index in [9.17, 15) is 0 Å². The first-order chi connectivity index (χ1) is 12.9. The summed E-state index contributed by atoms with van der Waals surface area (Å²) >= 11 is 3.35. The number of aromatic nitrogens is 4. The normalized spacial score (nSPS) is 11.1. The highest BCUT2D eigenvalue weighted by Crippen LogP contribution is 2.37. The predicted molar refractivity (Wildman–Crippen MR) is 107 cm³/mol. The number of thiophene rings is 1. The molecule has 0 aromatic carbocycles. The molecule has 0 N–H and O–H groups in total. The van der Waals surface area contributed by atoms with Crippen LogP contribution in [0.3, 0.4) is 0 Å². The standard InChI is InChI=1S/C20H12N4S2/c1-2-8-22-15(5-1)16-10-17-14(6-9-25-17)19(24-16)18-12-23-20(26-18)13-4-3-7-21-11-13/h1-12H. The Kier molecular flexibility index (Phi) is 3.77. The van der Waals surface area contributed by atoms with E-state index >= 15 is 0 Å². The third kappa shape index (κ3) is 2.69. The molecule has 26 heavy (non-hydrogen) atoms. The summed E-state index contributed by atoms with van der Waals surface area (Å²) in [6.45, 7) is 0. The first-order valence-electron chi connectivity index (χ1n) is 8.05. The number of rotatable bonds is 3. The highest BCUT2D eigenvalue weighted by molar-refractivity contribution is 7.19. The van der Waals surface area contributed by atoms with Crippen molar-refractivity contribution in [2.45, 2.75) is 0 Å². The number of hydrogen-bond acceptors (Lipinski definition) is 6. The number of nitrogens with zero attached hydrogens (tertiary/aromatic N) is 4. The third-order valence-corrected chi connectivity index (χ3v) is 5.94. The van der Waals surface area contributed by atoms with Crippen LogP contribution >= 0.6 is 22.7 Å². The van der Waals surface area contributed by atoms with E-state index in [1.54, 1.807) is 35.1 Å². The van der Waals surface area contributed by atoms with Gasteiger partial charge in [0.1, 0.15) is 5.01 Å². The second-order valence-electron chi connectivity index (χ2n) is 5.67. The molecular formula is C20H12N4S2. The Bertz CT molecular complexity index is 1180. The van der Waals surface area contributed by atoms with Gasteiger partial charge in [0, 0.05) is 40.4 Å². The Morgan fingerprint density at radius 1 is 0.846 bits per heavy atom. The Hall–Kier alpha value is -2.96. The fourth-order valence-electron chi connectivity index (χ4n) is 2.81. The summed E-state index contributed by atoms with van der Waals surface area (Å²) in [6, 6.07) is 14.1. The molecule has 5 aromatic rings. The van der Waals surface area contributed by atoms with Gasteiger partial charge in [0.25, 0.3) is 0 Å². The maximum Gasteiger partial charge on any atom is 0.125 e. The maximum absolute atomic E-state index is 4.92. The molecule has 0 fully saturated rings. The van der Waals surface area contributed by atoms with Gasteiger partial charge < -0.3 is 0 Å². The van der Waals surface area contributed by atoms with Crippen LogP contribution in [0, 0.1) is 0 Å². The van der Waals surface area contributed by atoms with Crippen LogP contribution in [-0.2, 0) is 0 Å². The molecule has 6 heteroatoms. The molecule has 0 radical (unpaired) electrons. The van der Waals surface area contributed by atoms with Gasteiger partial charge in [-0.2, -0.15) is 0 Å². The molecule has 0 atom stereocenters. The lowest BCUT2D eigenvalue weighted by Gasteiger charge is -2.05. The van der Waals surface area contributed by atoms with E-state index < -0.39 is 0 Å². The Labute approximate surface area is 157 Å².